The van der Waals surface area contributed by atoms with E-state index in [-0.39, 0.29) is 6.61 Å². The van der Waals surface area contributed by atoms with E-state index in [1.807, 2.05) is 37.3 Å². The Kier molecular flexibility index (Phi) is 5.35. The highest BCUT2D eigenvalue weighted by molar-refractivity contribution is 5.13. The number of aliphatic hydroxyl groups is 2. The molecule has 0 spiro atoms. The molecule has 0 aliphatic rings. The van der Waals surface area contributed by atoms with Crippen LogP contribution < -0.4 is 0 Å². The van der Waals surface area contributed by atoms with Crippen molar-refractivity contribution in [2.45, 2.75) is 19.6 Å². The van der Waals surface area contributed by atoms with Crippen LogP contribution in [0.15, 0.2) is 43.0 Å². The van der Waals surface area contributed by atoms with E-state index in [1.54, 1.807) is 6.08 Å². The monoisotopic (exact) mass is 236 g/mol. The average Bonchev–Trinajstić information content (AvgIpc) is 2.38. The smallest absolute Gasteiger partial charge is 0.0880 e. The van der Waals surface area contributed by atoms with Crippen molar-refractivity contribution in [1.29, 1.82) is 0 Å². The molecule has 0 aliphatic carbocycles. The van der Waals surface area contributed by atoms with Crippen molar-refractivity contribution in [2.75, 3.05) is 13.2 Å². The first-order chi connectivity index (χ1) is 8.12. The molecule has 0 aliphatic heterocycles. The summed E-state index contributed by atoms with van der Waals surface area (Å²) in [6.45, 7) is 6.01. The lowest BCUT2D eigenvalue weighted by molar-refractivity contribution is -0.0358. The Balaban J connectivity index is 2.46. The maximum atomic E-state index is 9.67. The van der Waals surface area contributed by atoms with Gasteiger partial charge in [-0.2, -0.15) is 0 Å². The SMILES string of the molecule is C=C[C@@](C)(COCc1ccccc1)[C@@H](O)CO. The summed E-state index contributed by atoms with van der Waals surface area (Å²) in [5.41, 5.74) is 0.459. The third-order valence-corrected chi connectivity index (χ3v) is 2.93. The van der Waals surface area contributed by atoms with Crippen LogP contribution in [0.5, 0.6) is 0 Å². The molecule has 3 nitrogen and oxygen atoms in total. The fourth-order valence-corrected chi connectivity index (χ4v) is 1.46. The van der Waals surface area contributed by atoms with Crippen molar-refractivity contribution in [3.05, 3.63) is 48.6 Å². The summed E-state index contributed by atoms with van der Waals surface area (Å²) in [5.74, 6) is 0. The molecule has 1 aromatic carbocycles. The van der Waals surface area contributed by atoms with Crippen LogP contribution in [0.3, 0.4) is 0 Å². The predicted octanol–water partition coefficient (Wildman–Crippen LogP) is 1.75. The van der Waals surface area contributed by atoms with Crippen molar-refractivity contribution >= 4 is 0 Å². The van der Waals surface area contributed by atoms with E-state index in [0.29, 0.717) is 13.2 Å². The number of aliphatic hydroxyl groups excluding tert-OH is 2. The number of hydrogen-bond donors (Lipinski definition) is 2. The molecule has 0 aromatic heterocycles. The molecular formula is C14H20O3. The Morgan fingerprint density at radius 3 is 2.59 bits per heavy atom. The maximum absolute atomic E-state index is 9.67. The summed E-state index contributed by atoms with van der Waals surface area (Å²) < 4.78 is 5.56. The van der Waals surface area contributed by atoms with Crippen molar-refractivity contribution in [3.63, 3.8) is 0 Å². The molecule has 94 valence electrons. The van der Waals surface area contributed by atoms with Gasteiger partial charge in [0.15, 0.2) is 0 Å². The topological polar surface area (TPSA) is 49.7 Å². The lowest BCUT2D eigenvalue weighted by Crippen LogP contribution is -2.37. The van der Waals surface area contributed by atoms with Crippen LogP contribution in [0.25, 0.3) is 0 Å². The van der Waals surface area contributed by atoms with Crippen LogP contribution in [-0.2, 0) is 11.3 Å². The quantitative estimate of drug-likeness (QED) is 0.709. The zero-order chi connectivity index (χ0) is 12.7. The van der Waals surface area contributed by atoms with E-state index < -0.39 is 11.5 Å². The van der Waals surface area contributed by atoms with Gasteiger partial charge in [-0.15, -0.1) is 6.58 Å². The highest BCUT2D eigenvalue weighted by Gasteiger charge is 2.29. The maximum Gasteiger partial charge on any atom is 0.0880 e. The molecule has 0 unspecified atom stereocenters. The first kappa shape index (κ1) is 13.9. The van der Waals surface area contributed by atoms with Crippen molar-refractivity contribution < 1.29 is 14.9 Å². The fourth-order valence-electron chi connectivity index (χ4n) is 1.46. The van der Waals surface area contributed by atoms with Gasteiger partial charge >= 0.3 is 0 Å². The summed E-state index contributed by atoms with van der Waals surface area (Å²) in [7, 11) is 0. The first-order valence-corrected chi connectivity index (χ1v) is 5.66. The Morgan fingerprint density at radius 2 is 2.06 bits per heavy atom. The van der Waals surface area contributed by atoms with Crippen molar-refractivity contribution in [1.82, 2.24) is 0 Å². The van der Waals surface area contributed by atoms with Crippen LogP contribution in [0.4, 0.5) is 0 Å². The van der Waals surface area contributed by atoms with Gasteiger partial charge in [-0.3, -0.25) is 0 Å². The zero-order valence-electron chi connectivity index (χ0n) is 10.2. The lowest BCUT2D eigenvalue weighted by atomic mass is 9.85. The largest absolute Gasteiger partial charge is 0.394 e. The lowest BCUT2D eigenvalue weighted by Gasteiger charge is -2.29. The Morgan fingerprint density at radius 1 is 1.41 bits per heavy atom. The summed E-state index contributed by atoms with van der Waals surface area (Å²) >= 11 is 0. The minimum atomic E-state index is -0.851. The number of hydrogen-bond acceptors (Lipinski definition) is 3. The third kappa shape index (κ3) is 3.97. The molecule has 0 radical (unpaired) electrons. The molecule has 2 N–H and O–H groups in total. The number of benzene rings is 1. The second kappa shape index (κ2) is 6.55. The normalized spacial score (nSPS) is 16.2. The Hall–Kier alpha value is -1.16. The fraction of sp³-hybridized carbons (Fsp3) is 0.429. The van der Waals surface area contributed by atoms with Gasteiger partial charge in [0, 0.05) is 5.41 Å². The Bertz CT molecular complexity index is 337. The molecular weight excluding hydrogens is 216 g/mol. The van der Waals surface area contributed by atoms with E-state index >= 15 is 0 Å². The molecule has 0 heterocycles. The van der Waals surface area contributed by atoms with Crippen molar-refractivity contribution in [3.8, 4) is 0 Å². The van der Waals surface area contributed by atoms with E-state index in [9.17, 15) is 5.11 Å². The highest BCUT2D eigenvalue weighted by atomic mass is 16.5. The van der Waals surface area contributed by atoms with Gasteiger partial charge in [-0.05, 0) is 5.56 Å². The molecule has 0 fully saturated rings. The standard InChI is InChI=1S/C14H20O3/c1-3-14(2,13(16)9-15)11-17-10-12-7-5-4-6-8-12/h3-8,13,15-16H,1,9-11H2,2H3/t13-,14-/m0/s1. The second-order valence-electron chi connectivity index (χ2n) is 4.39. The molecule has 2 atom stereocenters. The number of rotatable bonds is 7. The van der Waals surface area contributed by atoms with Crippen LogP contribution >= 0.6 is 0 Å². The van der Waals surface area contributed by atoms with E-state index in [0.717, 1.165) is 5.56 Å². The molecule has 0 saturated carbocycles. The summed E-state index contributed by atoms with van der Waals surface area (Å²) in [6, 6.07) is 9.82. The minimum Gasteiger partial charge on any atom is -0.394 e. The third-order valence-electron chi connectivity index (χ3n) is 2.93. The summed E-state index contributed by atoms with van der Waals surface area (Å²) in [4.78, 5) is 0. The summed E-state index contributed by atoms with van der Waals surface area (Å²) in [6.07, 6.45) is 0.773. The van der Waals surface area contributed by atoms with E-state index in [1.165, 1.54) is 0 Å². The predicted molar refractivity (Wildman–Crippen MR) is 67.5 cm³/mol. The molecule has 0 bridgehead atoms. The van der Waals surface area contributed by atoms with Crippen LogP contribution in [0.2, 0.25) is 0 Å². The molecule has 0 saturated heterocycles. The van der Waals surface area contributed by atoms with Gasteiger partial charge in [0.05, 0.1) is 25.9 Å². The molecule has 0 amide bonds. The van der Waals surface area contributed by atoms with Crippen LogP contribution in [0.1, 0.15) is 12.5 Å². The molecule has 17 heavy (non-hydrogen) atoms. The van der Waals surface area contributed by atoms with Gasteiger partial charge in [-0.25, -0.2) is 0 Å². The van der Waals surface area contributed by atoms with Gasteiger partial charge in [-0.1, -0.05) is 43.3 Å². The second-order valence-corrected chi connectivity index (χ2v) is 4.39. The van der Waals surface area contributed by atoms with Crippen molar-refractivity contribution in [2.24, 2.45) is 5.41 Å². The molecule has 3 heteroatoms. The molecule has 1 rings (SSSR count). The number of ether oxygens (including phenoxy) is 1. The van der Waals surface area contributed by atoms with Gasteiger partial charge in [0.2, 0.25) is 0 Å². The van der Waals surface area contributed by atoms with Gasteiger partial charge in [0.25, 0.3) is 0 Å². The minimum absolute atomic E-state index is 0.294. The first-order valence-electron chi connectivity index (χ1n) is 5.66. The van der Waals surface area contributed by atoms with Gasteiger partial charge < -0.3 is 14.9 Å². The molecule has 1 aromatic rings. The highest BCUT2D eigenvalue weighted by Crippen LogP contribution is 2.23. The average molecular weight is 236 g/mol. The van der Waals surface area contributed by atoms with Gasteiger partial charge in [0.1, 0.15) is 0 Å². The summed E-state index contributed by atoms with van der Waals surface area (Å²) in [5, 5.41) is 18.6. The zero-order valence-corrected chi connectivity index (χ0v) is 10.2. The van der Waals surface area contributed by atoms with E-state index in [2.05, 4.69) is 6.58 Å². The Labute approximate surface area is 102 Å². The van der Waals surface area contributed by atoms with Crippen LogP contribution in [0, 0.1) is 5.41 Å². The van der Waals surface area contributed by atoms with E-state index in [4.69, 9.17) is 9.84 Å². The van der Waals surface area contributed by atoms with Crippen LogP contribution in [-0.4, -0.2) is 29.5 Å².